The molecule has 0 aliphatic heterocycles. The van der Waals surface area contributed by atoms with Gasteiger partial charge in [0.1, 0.15) is 23.0 Å². The number of hydrogen-bond acceptors (Lipinski definition) is 3. The topological polar surface area (TPSA) is 38.7 Å². The van der Waals surface area contributed by atoms with Crippen molar-refractivity contribution in [3.05, 3.63) is 84.4 Å². The van der Waals surface area contributed by atoms with Crippen LogP contribution in [0.1, 0.15) is 5.56 Å². The van der Waals surface area contributed by atoms with Crippen LogP contribution < -0.4 is 9.47 Å². The van der Waals surface area contributed by atoms with Crippen molar-refractivity contribution in [2.75, 3.05) is 6.61 Å². The van der Waals surface area contributed by atoms with E-state index in [1.807, 2.05) is 42.5 Å². The highest BCUT2D eigenvalue weighted by Crippen LogP contribution is 2.25. The summed E-state index contributed by atoms with van der Waals surface area (Å²) in [6.45, 7) is 0.641. The molecule has 3 rings (SSSR count). The van der Waals surface area contributed by atoms with Crippen LogP contribution in [0.25, 0.3) is 0 Å². The third-order valence-corrected chi connectivity index (χ3v) is 3.40. The van der Waals surface area contributed by atoms with Gasteiger partial charge in [-0.25, -0.2) is 0 Å². The van der Waals surface area contributed by atoms with Crippen molar-refractivity contribution in [1.82, 2.24) is 0 Å². The molecule has 0 bridgehead atoms. The number of benzene rings is 3. The molecule has 116 valence electrons. The Morgan fingerprint density at radius 3 is 1.87 bits per heavy atom. The molecule has 3 nitrogen and oxygen atoms in total. The number of hydrogen-bond donors (Lipinski definition) is 1. The van der Waals surface area contributed by atoms with Crippen molar-refractivity contribution in [1.29, 1.82) is 0 Å². The summed E-state index contributed by atoms with van der Waals surface area (Å²) < 4.78 is 11.4. The maximum atomic E-state index is 9.25. The molecule has 3 heteroatoms. The number of aromatic hydroxyl groups is 1. The van der Waals surface area contributed by atoms with Crippen molar-refractivity contribution >= 4 is 0 Å². The quantitative estimate of drug-likeness (QED) is 0.710. The van der Waals surface area contributed by atoms with Gasteiger partial charge in [-0.15, -0.1) is 0 Å². The molecular formula is C20H18O3. The molecule has 0 spiro atoms. The van der Waals surface area contributed by atoms with Crippen molar-refractivity contribution in [2.45, 2.75) is 6.42 Å². The van der Waals surface area contributed by atoms with E-state index in [0.29, 0.717) is 12.4 Å². The molecule has 0 fully saturated rings. The third kappa shape index (κ3) is 4.51. The third-order valence-electron chi connectivity index (χ3n) is 3.40. The maximum absolute atomic E-state index is 9.25. The molecule has 0 radical (unpaired) electrons. The highest BCUT2D eigenvalue weighted by Gasteiger charge is 2.00. The molecule has 23 heavy (non-hydrogen) atoms. The molecule has 0 aromatic heterocycles. The van der Waals surface area contributed by atoms with Crippen LogP contribution in [0.5, 0.6) is 23.0 Å². The number of phenols is 1. The first-order valence-electron chi connectivity index (χ1n) is 7.53. The molecule has 0 saturated heterocycles. The second kappa shape index (κ2) is 7.36. The average molecular weight is 306 g/mol. The van der Waals surface area contributed by atoms with E-state index in [4.69, 9.17) is 9.47 Å². The largest absolute Gasteiger partial charge is 0.508 e. The molecule has 0 unspecified atom stereocenters. The van der Waals surface area contributed by atoms with Crippen molar-refractivity contribution < 1.29 is 14.6 Å². The average Bonchev–Trinajstić information content (AvgIpc) is 2.59. The summed E-state index contributed by atoms with van der Waals surface area (Å²) in [5, 5.41) is 9.25. The predicted octanol–water partition coefficient (Wildman–Crippen LogP) is 4.81. The Hall–Kier alpha value is -2.94. The van der Waals surface area contributed by atoms with Gasteiger partial charge < -0.3 is 14.6 Å². The van der Waals surface area contributed by atoms with E-state index in [2.05, 4.69) is 12.1 Å². The predicted molar refractivity (Wildman–Crippen MR) is 90.3 cm³/mol. The second-order valence-corrected chi connectivity index (χ2v) is 5.15. The lowest BCUT2D eigenvalue weighted by Gasteiger charge is -2.08. The Kier molecular flexibility index (Phi) is 4.79. The molecule has 1 N–H and O–H groups in total. The van der Waals surface area contributed by atoms with Gasteiger partial charge in [0.2, 0.25) is 0 Å². The van der Waals surface area contributed by atoms with E-state index in [1.54, 1.807) is 24.3 Å². The first-order chi connectivity index (χ1) is 11.3. The number of rotatable bonds is 6. The van der Waals surface area contributed by atoms with Gasteiger partial charge in [0, 0.05) is 6.42 Å². The zero-order chi connectivity index (χ0) is 15.9. The zero-order valence-corrected chi connectivity index (χ0v) is 12.7. The molecular weight excluding hydrogens is 288 g/mol. The van der Waals surface area contributed by atoms with Crippen LogP contribution in [0, 0.1) is 0 Å². The first kappa shape index (κ1) is 15.0. The van der Waals surface area contributed by atoms with E-state index in [9.17, 15) is 5.11 Å². The summed E-state index contributed by atoms with van der Waals surface area (Å²) in [6.07, 6.45) is 0.882. The van der Waals surface area contributed by atoms with Crippen LogP contribution in [0.15, 0.2) is 78.9 Å². The molecule has 0 aliphatic carbocycles. The summed E-state index contributed by atoms with van der Waals surface area (Å²) in [5.41, 5.74) is 1.26. The van der Waals surface area contributed by atoms with Gasteiger partial charge in [-0.3, -0.25) is 0 Å². The molecule has 0 atom stereocenters. The fourth-order valence-electron chi connectivity index (χ4n) is 2.19. The van der Waals surface area contributed by atoms with Gasteiger partial charge in [-0.1, -0.05) is 30.3 Å². The molecule has 0 amide bonds. The Morgan fingerprint density at radius 1 is 0.652 bits per heavy atom. The van der Waals surface area contributed by atoms with E-state index < -0.39 is 0 Å². The maximum Gasteiger partial charge on any atom is 0.127 e. The summed E-state index contributed by atoms with van der Waals surface area (Å²) in [7, 11) is 0. The van der Waals surface area contributed by atoms with Crippen molar-refractivity contribution in [2.24, 2.45) is 0 Å². The van der Waals surface area contributed by atoms with Crippen LogP contribution in [0.2, 0.25) is 0 Å². The summed E-state index contributed by atoms with van der Waals surface area (Å²) in [4.78, 5) is 0. The van der Waals surface area contributed by atoms with Gasteiger partial charge in [0.25, 0.3) is 0 Å². The van der Waals surface area contributed by atoms with E-state index >= 15 is 0 Å². The minimum atomic E-state index is 0.222. The first-order valence-corrected chi connectivity index (χ1v) is 7.53. The molecule has 0 aliphatic rings. The standard InChI is InChI=1S/C20H18O3/c21-17-6-8-19(9-7-17)23-20-12-10-18(11-13-20)22-15-14-16-4-2-1-3-5-16/h1-13,21H,14-15H2. The SMILES string of the molecule is Oc1ccc(Oc2ccc(OCCc3ccccc3)cc2)cc1. The molecule has 0 heterocycles. The van der Waals surface area contributed by atoms with Gasteiger partial charge in [0.05, 0.1) is 6.61 Å². The minimum Gasteiger partial charge on any atom is -0.508 e. The number of phenolic OH excluding ortho intramolecular Hbond substituents is 1. The lowest BCUT2D eigenvalue weighted by molar-refractivity contribution is 0.321. The highest BCUT2D eigenvalue weighted by atomic mass is 16.5. The van der Waals surface area contributed by atoms with Crippen LogP contribution in [-0.2, 0) is 6.42 Å². The lowest BCUT2D eigenvalue weighted by Crippen LogP contribution is -2.00. The lowest BCUT2D eigenvalue weighted by atomic mass is 10.2. The molecule has 3 aromatic rings. The van der Waals surface area contributed by atoms with Crippen LogP contribution >= 0.6 is 0 Å². The Bertz CT molecular complexity index is 719. The Labute approximate surface area is 135 Å². The Balaban J connectivity index is 1.51. The second-order valence-electron chi connectivity index (χ2n) is 5.15. The smallest absolute Gasteiger partial charge is 0.127 e. The summed E-state index contributed by atoms with van der Waals surface area (Å²) in [5.74, 6) is 2.45. The van der Waals surface area contributed by atoms with E-state index in [-0.39, 0.29) is 5.75 Å². The van der Waals surface area contributed by atoms with Gasteiger partial charge in [-0.05, 0) is 54.1 Å². The van der Waals surface area contributed by atoms with Crippen molar-refractivity contribution in [3.8, 4) is 23.0 Å². The molecule has 3 aromatic carbocycles. The summed E-state index contributed by atoms with van der Waals surface area (Å²) >= 11 is 0. The van der Waals surface area contributed by atoms with E-state index in [1.165, 1.54) is 5.56 Å². The monoisotopic (exact) mass is 306 g/mol. The Morgan fingerprint density at radius 2 is 1.22 bits per heavy atom. The number of ether oxygens (including phenoxy) is 2. The normalized spacial score (nSPS) is 10.3. The minimum absolute atomic E-state index is 0.222. The van der Waals surface area contributed by atoms with Crippen LogP contribution in [-0.4, -0.2) is 11.7 Å². The summed E-state index contributed by atoms with van der Waals surface area (Å²) in [6, 6.07) is 24.4. The van der Waals surface area contributed by atoms with Crippen molar-refractivity contribution in [3.63, 3.8) is 0 Å². The fraction of sp³-hybridized carbons (Fsp3) is 0.100. The zero-order valence-electron chi connectivity index (χ0n) is 12.7. The van der Waals surface area contributed by atoms with Crippen LogP contribution in [0.4, 0.5) is 0 Å². The fourth-order valence-corrected chi connectivity index (χ4v) is 2.19. The van der Waals surface area contributed by atoms with Crippen LogP contribution in [0.3, 0.4) is 0 Å². The van der Waals surface area contributed by atoms with E-state index in [0.717, 1.165) is 17.9 Å². The highest BCUT2D eigenvalue weighted by molar-refractivity contribution is 5.37. The van der Waals surface area contributed by atoms with Gasteiger partial charge in [0.15, 0.2) is 0 Å². The van der Waals surface area contributed by atoms with Gasteiger partial charge >= 0.3 is 0 Å². The molecule has 0 saturated carbocycles. The van der Waals surface area contributed by atoms with Gasteiger partial charge in [-0.2, -0.15) is 0 Å².